The monoisotopic (exact) mass is 205 g/mol. The highest BCUT2D eigenvalue weighted by Crippen LogP contribution is 2.18. The zero-order valence-corrected chi connectivity index (χ0v) is 8.48. The maximum atomic E-state index is 10.8. The highest BCUT2D eigenvalue weighted by atomic mass is 16.4. The second-order valence-corrected chi connectivity index (χ2v) is 3.66. The third kappa shape index (κ3) is 1.56. The molecule has 2 N–H and O–H groups in total. The highest BCUT2D eigenvalue weighted by molar-refractivity contribution is 5.98. The van der Waals surface area contributed by atoms with Crippen molar-refractivity contribution in [1.82, 2.24) is 15.2 Å². The van der Waals surface area contributed by atoms with Crippen LogP contribution in [0.15, 0.2) is 12.1 Å². The molecule has 0 bridgehead atoms. The quantitative estimate of drug-likeness (QED) is 0.783. The van der Waals surface area contributed by atoms with E-state index in [-0.39, 0.29) is 11.6 Å². The fourth-order valence-electron chi connectivity index (χ4n) is 1.38. The van der Waals surface area contributed by atoms with Crippen LogP contribution in [0.1, 0.15) is 35.9 Å². The van der Waals surface area contributed by atoms with Crippen molar-refractivity contribution in [2.24, 2.45) is 0 Å². The van der Waals surface area contributed by atoms with Crippen molar-refractivity contribution in [3.63, 3.8) is 0 Å². The Bertz CT molecular complexity index is 516. The van der Waals surface area contributed by atoms with Crippen LogP contribution in [0.3, 0.4) is 0 Å². The summed E-state index contributed by atoms with van der Waals surface area (Å²) in [5, 5.41) is 15.2. The van der Waals surface area contributed by atoms with Crippen LogP contribution in [0.4, 0.5) is 0 Å². The molecule has 15 heavy (non-hydrogen) atoms. The van der Waals surface area contributed by atoms with Crippen molar-refractivity contribution in [2.45, 2.75) is 19.8 Å². The van der Waals surface area contributed by atoms with Gasteiger partial charge in [-0.15, -0.1) is 0 Å². The van der Waals surface area contributed by atoms with Gasteiger partial charge in [-0.1, -0.05) is 13.8 Å². The maximum Gasteiger partial charge on any atom is 0.358 e. The summed E-state index contributed by atoms with van der Waals surface area (Å²) in [6, 6.07) is 3.67. The summed E-state index contributed by atoms with van der Waals surface area (Å²) in [7, 11) is 0. The van der Waals surface area contributed by atoms with E-state index in [9.17, 15) is 4.79 Å². The molecule has 0 aliphatic heterocycles. The highest BCUT2D eigenvalue weighted by Gasteiger charge is 2.14. The van der Waals surface area contributed by atoms with E-state index >= 15 is 0 Å². The fraction of sp³-hybridized carbons (Fsp3) is 0.300. The predicted octanol–water partition coefficient (Wildman–Crippen LogP) is 1.78. The van der Waals surface area contributed by atoms with E-state index in [0.717, 1.165) is 5.69 Å². The smallest absolute Gasteiger partial charge is 0.358 e. The van der Waals surface area contributed by atoms with E-state index in [1.165, 1.54) is 0 Å². The number of pyridine rings is 1. The molecule has 0 saturated carbocycles. The Balaban J connectivity index is 2.66. The van der Waals surface area contributed by atoms with Crippen LogP contribution in [-0.2, 0) is 0 Å². The van der Waals surface area contributed by atoms with Gasteiger partial charge >= 0.3 is 5.97 Å². The van der Waals surface area contributed by atoms with Crippen molar-refractivity contribution in [3.05, 3.63) is 23.5 Å². The molecule has 5 heteroatoms. The molecule has 0 unspecified atom stereocenters. The Morgan fingerprint density at radius 3 is 2.80 bits per heavy atom. The van der Waals surface area contributed by atoms with Crippen LogP contribution >= 0.6 is 0 Å². The molecular weight excluding hydrogens is 194 g/mol. The van der Waals surface area contributed by atoms with Crippen LogP contribution < -0.4 is 0 Å². The average molecular weight is 205 g/mol. The lowest BCUT2D eigenvalue weighted by Crippen LogP contribution is -1.99. The molecule has 2 rings (SSSR count). The number of fused-ring (bicyclic) bond motifs is 1. The molecule has 5 nitrogen and oxygen atoms in total. The average Bonchev–Trinajstić information content (AvgIpc) is 2.59. The van der Waals surface area contributed by atoms with E-state index in [1.54, 1.807) is 6.07 Å². The molecule has 2 aromatic heterocycles. The predicted molar refractivity (Wildman–Crippen MR) is 54.9 cm³/mol. The van der Waals surface area contributed by atoms with Crippen molar-refractivity contribution in [1.29, 1.82) is 0 Å². The third-order valence-electron chi connectivity index (χ3n) is 2.22. The van der Waals surface area contributed by atoms with E-state index in [4.69, 9.17) is 5.11 Å². The minimum absolute atomic E-state index is 0.0208. The van der Waals surface area contributed by atoms with E-state index < -0.39 is 5.97 Å². The number of nitrogens with one attached hydrogen (secondary N) is 1. The number of carboxylic acid groups (broad SMARTS) is 1. The summed E-state index contributed by atoms with van der Waals surface area (Å²) < 4.78 is 0. The number of hydrogen-bond acceptors (Lipinski definition) is 3. The molecule has 2 aromatic rings. The van der Waals surface area contributed by atoms with Crippen molar-refractivity contribution < 1.29 is 9.90 Å². The number of aromatic nitrogens is 3. The van der Waals surface area contributed by atoms with Gasteiger partial charge in [0.25, 0.3) is 0 Å². The van der Waals surface area contributed by atoms with Crippen LogP contribution in [0.5, 0.6) is 0 Å². The number of aromatic amines is 1. The van der Waals surface area contributed by atoms with Gasteiger partial charge in [-0.05, 0) is 18.1 Å². The normalized spacial score (nSPS) is 11.1. The van der Waals surface area contributed by atoms with E-state index in [0.29, 0.717) is 11.0 Å². The molecule has 0 saturated heterocycles. The molecule has 2 heterocycles. The Morgan fingerprint density at radius 1 is 1.47 bits per heavy atom. The maximum absolute atomic E-state index is 10.8. The molecule has 0 radical (unpaired) electrons. The minimum atomic E-state index is -1.06. The molecule has 0 fully saturated rings. The largest absolute Gasteiger partial charge is 0.476 e. The number of aromatic carboxylic acids is 1. The Hall–Kier alpha value is -1.91. The topological polar surface area (TPSA) is 78.9 Å². The molecule has 0 atom stereocenters. The number of hydrogen-bond donors (Lipinski definition) is 2. The molecule has 0 spiro atoms. The molecule has 0 amide bonds. The summed E-state index contributed by atoms with van der Waals surface area (Å²) in [6.45, 7) is 4.02. The summed E-state index contributed by atoms with van der Waals surface area (Å²) in [5.41, 5.74) is 1.92. The van der Waals surface area contributed by atoms with Crippen LogP contribution in [-0.4, -0.2) is 26.3 Å². The molecule has 0 aromatic carbocycles. The van der Waals surface area contributed by atoms with Gasteiger partial charge in [-0.25, -0.2) is 9.78 Å². The molecule has 0 aliphatic carbocycles. The second kappa shape index (κ2) is 3.34. The number of H-pyrrole nitrogens is 1. The van der Waals surface area contributed by atoms with Crippen molar-refractivity contribution in [2.75, 3.05) is 0 Å². The lowest BCUT2D eigenvalue weighted by Gasteiger charge is -2.02. The van der Waals surface area contributed by atoms with Crippen molar-refractivity contribution in [3.8, 4) is 0 Å². The van der Waals surface area contributed by atoms with Gasteiger partial charge < -0.3 is 5.11 Å². The number of rotatable bonds is 2. The minimum Gasteiger partial charge on any atom is -0.476 e. The van der Waals surface area contributed by atoms with Gasteiger partial charge in [0.15, 0.2) is 5.69 Å². The van der Waals surface area contributed by atoms with Gasteiger partial charge in [0.05, 0.1) is 5.52 Å². The molecular formula is C10H11N3O2. The number of carbonyl (C=O) groups is 1. The number of nitrogens with zero attached hydrogens (tertiary/aromatic N) is 2. The van der Waals surface area contributed by atoms with Crippen LogP contribution in [0, 0.1) is 0 Å². The van der Waals surface area contributed by atoms with E-state index in [1.807, 2.05) is 19.9 Å². The standard InChI is InChI=1S/C10H11N3O2/c1-5(2)6-3-4-7-8(11-6)9(10(14)15)13-12-7/h3-5H,1-2H3,(H,12,13)(H,14,15). The first-order chi connectivity index (χ1) is 7.09. The summed E-state index contributed by atoms with van der Waals surface area (Å²) in [5.74, 6) is -0.791. The van der Waals surface area contributed by atoms with Crippen LogP contribution in [0.25, 0.3) is 11.0 Å². The lowest BCUT2D eigenvalue weighted by atomic mass is 10.1. The number of carboxylic acids is 1. The van der Waals surface area contributed by atoms with Gasteiger partial charge in [0.2, 0.25) is 0 Å². The van der Waals surface area contributed by atoms with Gasteiger partial charge in [0.1, 0.15) is 5.52 Å². The Morgan fingerprint density at radius 2 is 2.20 bits per heavy atom. The van der Waals surface area contributed by atoms with Gasteiger partial charge in [-0.2, -0.15) is 5.10 Å². The first kappa shape index (κ1) is 9.64. The zero-order valence-electron chi connectivity index (χ0n) is 8.48. The first-order valence-electron chi connectivity index (χ1n) is 4.68. The zero-order chi connectivity index (χ0) is 11.0. The Labute approximate surface area is 86.1 Å². The van der Waals surface area contributed by atoms with E-state index in [2.05, 4.69) is 15.2 Å². The summed E-state index contributed by atoms with van der Waals surface area (Å²) >= 11 is 0. The van der Waals surface area contributed by atoms with Crippen LogP contribution in [0.2, 0.25) is 0 Å². The Kier molecular flexibility index (Phi) is 2.15. The molecule has 0 aliphatic rings. The third-order valence-corrected chi connectivity index (χ3v) is 2.22. The second-order valence-electron chi connectivity index (χ2n) is 3.66. The van der Waals surface area contributed by atoms with Crippen molar-refractivity contribution >= 4 is 17.0 Å². The molecule has 78 valence electrons. The first-order valence-corrected chi connectivity index (χ1v) is 4.68. The van der Waals surface area contributed by atoms with Gasteiger partial charge in [-0.3, -0.25) is 5.10 Å². The SMILES string of the molecule is CC(C)c1ccc2[nH]nc(C(=O)O)c2n1. The van der Waals surface area contributed by atoms with Gasteiger partial charge in [0, 0.05) is 5.69 Å². The summed E-state index contributed by atoms with van der Waals surface area (Å²) in [6.07, 6.45) is 0. The fourth-order valence-corrected chi connectivity index (χ4v) is 1.38. The lowest BCUT2D eigenvalue weighted by molar-refractivity contribution is 0.0692. The summed E-state index contributed by atoms with van der Waals surface area (Å²) in [4.78, 5) is 15.1.